The lowest BCUT2D eigenvalue weighted by Crippen LogP contribution is -2.45. The number of nitrogens with zero attached hydrogens (tertiary/aromatic N) is 2. The first-order valence-corrected chi connectivity index (χ1v) is 8.52. The third-order valence-electron chi connectivity index (χ3n) is 4.97. The Morgan fingerprint density at radius 2 is 1.96 bits per heavy atom. The van der Waals surface area contributed by atoms with Crippen molar-refractivity contribution in [2.75, 3.05) is 32.7 Å². The molecule has 1 atom stereocenters. The minimum Gasteiger partial charge on any atom is -0.387 e. The van der Waals surface area contributed by atoms with Gasteiger partial charge in [0.15, 0.2) is 0 Å². The molecular weight excluding hydrogens is 295 g/mol. The highest BCUT2D eigenvalue weighted by molar-refractivity contribution is 5.77. The maximum Gasteiger partial charge on any atom is 0.223 e. The van der Waals surface area contributed by atoms with Crippen LogP contribution in [-0.2, 0) is 11.2 Å². The predicted octanol–water partition coefficient (Wildman–Crippen LogP) is 1.82. The monoisotopic (exact) mass is 320 g/mol. The molecule has 0 radical (unpaired) electrons. The molecule has 1 aromatic rings. The normalized spacial score (nSPS) is 25.2. The topological polar surface area (TPSA) is 43.8 Å². The van der Waals surface area contributed by atoms with Gasteiger partial charge in [-0.25, -0.2) is 4.39 Å². The van der Waals surface area contributed by atoms with E-state index in [1.165, 1.54) is 18.9 Å². The molecule has 2 fully saturated rings. The molecule has 2 aliphatic rings. The van der Waals surface area contributed by atoms with E-state index in [9.17, 15) is 14.3 Å². The highest BCUT2D eigenvalue weighted by Gasteiger charge is 2.39. The van der Waals surface area contributed by atoms with Crippen LogP contribution in [-0.4, -0.2) is 59.1 Å². The summed E-state index contributed by atoms with van der Waals surface area (Å²) in [5, 5.41) is 10.7. The SMILES string of the molecule is O=C(CCc1ccccc1F)N1CC[C@@](O)(CN2CCCC2)C1. The van der Waals surface area contributed by atoms with E-state index in [1.54, 1.807) is 23.1 Å². The average Bonchev–Trinajstić information content (AvgIpc) is 3.16. The number of likely N-dealkylation sites (tertiary alicyclic amines) is 2. The molecule has 0 unspecified atom stereocenters. The molecule has 2 heterocycles. The van der Waals surface area contributed by atoms with E-state index in [4.69, 9.17) is 0 Å². The van der Waals surface area contributed by atoms with Crippen molar-refractivity contribution in [2.45, 2.75) is 37.7 Å². The molecule has 2 saturated heterocycles. The van der Waals surface area contributed by atoms with Gasteiger partial charge in [-0.3, -0.25) is 4.79 Å². The third kappa shape index (κ3) is 4.09. The fourth-order valence-electron chi connectivity index (χ4n) is 3.66. The second-order valence-corrected chi connectivity index (χ2v) is 6.86. The lowest BCUT2D eigenvalue weighted by molar-refractivity contribution is -0.131. The van der Waals surface area contributed by atoms with Crippen LogP contribution in [0.5, 0.6) is 0 Å². The Morgan fingerprint density at radius 1 is 1.22 bits per heavy atom. The van der Waals surface area contributed by atoms with E-state index in [-0.39, 0.29) is 11.7 Å². The number of β-amino-alcohol motifs (C(OH)–C–C–N with tert-alkyl or cyclic N) is 1. The summed E-state index contributed by atoms with van der Waals surface area (Å²) in [5.74, 6) is -0.252. The Balaban J connectivity index is 1.50. The van der Waals surface area contributed by atoms with Crippen LogP contribution in [0.25, 0.3) is 0 Å². The van der Waals surface area contributed by atoms with Crippen molar-refractivity contribution in [2.24, 2.45) is 0 Å². The largest absolute Gasteiger partial charge is 0.387 e. The summed E-state index contributed by atoms with van der Waals surface area (Å²) in [7, 11) is 0. The Labute approximate surface area is 136 Å². The van der Waals surface area contributed by atoms with Gasteiger partial charge in [0.2, 0.25) is 5.91 Å². The third-order valence-corrected chi connectivity index (χ3v) is 4.97. The molecule has 0 aromatic heterocycles. The Hall–Kier alpha value is -1.46. The smallest absolute Gasteiger partial charge is 0.223 e. The van der Waals surface area contributed by atoms with Crippen LogP contribution in [0.2, 0.25) is 0 Å². The zero-order chi connectivity index (χ0) is 16.3. The molecule has 4 nitrogen and oxygen atoms in total. The highest BCUT2D eigenvalue weighted by Crippen LogP contribution is 2.25. The lowest BCUT2D eigenvalue weighted by atomic mass is 10.0. The Kier molecular flexibility index (Phi) is 4.97. The van der Waals surface area contributed by atoms with Gasteiger partial charge in [0, 0.05) is 19.5 Å². The molecule has 3 rings (SSSR count). The van der Waals surface area contributed by atoms with Crippen LogP contribution in [0.1, 0.15) is 31.2 Å². The van der Waals surface area contributed by atoms with E-state index in [1.807, 2.05) is 0 Å². The van der Waals surface area contributed by atoms with Crippen molar-refractivity contribution in [3.8, 4) is 0 Å². The average molecular weight is 320 g/mol. The number of carbonyl (C=O) groups is 1. The van der Waals surface area contributed by atoms with Gasteiger partial charge in [0.1, 0.15) is 5.82 Å². The molecule has 1 aromatic carbocycles. The number of carbonyl (C=O) groups excluding carboxylic acids is 1. The number of hydrogen-bond acceptors (Lipinski definition) is 3. The van der Waals surface area contributed by atoms with Gasteiger partial charge < -0.3 is 14.9 Å². The van der Waals surface area contributed by atoms with Gasteiger partial charge in [-0.1, -0.05) is 18.2 Å². The molecule has 0 spiro atoms. The maximum absolute atomic E-state index is 13.6. The number of aliphatic hydroxyl groups is 1. The van der Waals surface area contributed by atoms with Crippen LogP contribution in [0.4, 0.5) is 4.39 Å². The van der Waals surface area contributed by atoms with E-state index in [0.29, 0.717) is 44.5 Å². The zero-order valence-electron chi connectivity index (χ0n) is 13.5. The van der Waals surface area contributed by atoms with Crippen molar-refractivity contribution in [1.29, 1.82) is 0 Å². The molecule has 1 N–H and O–H groups in total. The summed E-state index contributed by atoms with van der Waals surface area (Å²) in [4.78, 5) is 16.4. The second kappa shape index (κ2) is 6.97. The van der Waals surface area contributed by atoms with E-state index < -0.39 is 5.60 Å². The van der Waals surface area contributed by atoms with Crippen molar-refractivity contribution < 1.29 is 14.3 Å². The van der Waals surface area contributed by atoms with Crippen LogP contribution < -0.4 is 0 Å². The summed E-state index contributed by atoms with van der Waals surface area (Å²) < 4.78 is 13.6. The maximum atomic E-state index is 13.6. The first kappa shape index (κ1) is 16.4. The lowest BCUT2D eigenvalue weighted by Gasteiger charge is -2.28. The predicted molar refractivity (Wildman–Crippen MR) is 86.5 cm³/mol. The van der Waals surface area contributed by atoms with Crippen molar-refractivity contribution >= 4 is 5.91 Å². The van der Waals surface area contributed by atoms with E-state index in [2.05, 4.69) is 4.90 Å². The summed E-state index contributed by atoms with van der Waals surface area (Å²) in [6.45, 7) is 3.75. The van der Waals surface area contributed by atoms with Crippen molar-refractivity contribution in [3.63, 3.8) is 0 Å². The molecule has 1 amide bonds. The zero-order valence-corrected chi connectivity index (χ0v) is 13.5. The van der Waals surface area contributed by atoms with Gasteiger partial charge in [0.05, 0.1) is 12.1 Å². The van der Waals surface area contributed by atoms with Crippen LogP contribution >= 0.6 is 0 Å². The summed E-state index contributed by atoms with van der Waals surface area (Å²) in [6, 6.07) is 6.58. The molecule has 0 aliphatic carbocycles. The number of hydrogen-bond donors (Lipinski definition) is 1. The molecule has 23 heavy (non-hydrogen) atoms. The quantitative estimate of drug-likeness (QED) is 0.900. The van der Waals surface area contributed by atoms with Gasteiger partial charge >= 0.3 is 0 Å². The van der Waals surface area contributed by atoms with E-state index in [0.717, 1.165) is 13.1 Å². The summed E-state index contributed by atoms with van der Waals surface area (Å²) in [5.41, 5.74) is -0.203. The molecule has 2 aliphatic heterocycles. The minimum absolute atomic E-state index is 0.00519. The molecule has 0 bridgehead atoms. The first-order chi connectivity index (χ1) is 11.1. The van der Waals surface area contributed by atoms with Gasteiger partial charge in [-0.15, -0.1) is 0 Å². The highest BCUT2D eigenvalue weighted by atomic mass is 19.1. The number of halogens is 1. The van der Waals surface area contributed by atoms with Crippen LogP contribution in [0, 0.1) is 5.82 Å². The van der Waals surface area contributed by atoms with Crippen LogP contribution in [0.15, 0.2) is 24.3 Å². The second-order valence-electron chi connectivity index (χ2n) is 6.86. The fraction of sp³-hybridized carbons (Fsp3) is 0.611. The number of amides is 1. The van der Waals surface area contributed by atoms with Gasteiger partial charge in [-0.05, 0) is 50.4 Å². The number of rotatable bonds is 5. The van der Waals surface area contributed by atoms with E-state index >= 15 is 0 Å². The number of aryl methyl sites for hydroxylation is 1. The molecule has 0 saturated carbocycles. The summed E-state index contributed by atoms with van der Waals surface area (Å²) >= 11 is 0. The Bertz CT molecular complexity index is 560. The van der Waals surface area contributed by atoms with Crippen LogP contribution in [0.3, 0.4) is 0 Å². The first-order valence-electron chi connectivity index (χ1n) is 8.52. The van der Waals surface area contributed by atoms with Crippen molar-refractivity contribution in [3.05, 3.63) is 35.6 Å². The molecule has 126 valence electrons. The standard InChI is InChI=1S/C18H25FN2O2/c19-16-6-2-1-5-15(16)7-8-17(22)21-12-9-18(23,14-21)13-20-10-3-4-11-20/h1-2,5-6,23H,3-4,7-14H2/t18-/m1/s1. The van der Waals surface area contributed by atoms with Gasteiger partial charge in [-0.2, -0.15) is 0 Å². The summed E-state index contributed by atoms with van der Waals surface area (Å²) in [6.07, 6.45) is 3.73. The molecule has 5 heteroatoms. The number of benzene rings is 1. The Morgan fingerprint density at radius 3 is 2.70 bits per heavy atom. The fourth-order valence-corrected chi connectivity index (χ4v) is 3.66. The van der Waals surface area contributed by atoms with Crippen molar-refractivity contribution in [1.82, 2.24) is 9.80 Å². The molecular formula is C18H25FN2O2. The van der Waals surface area contributed by atoms with Gasteiger partial charge in [0.25, 0.3) is 0 Å². The minimum atomic E-state index is -0.780.